The van der Waals surface area contributed by atoms with Crippen molar-refractivity contribution in [3.05, 3.63) is 54.0 Å². The number of rotatable bonds is 5. The molecule has 25 heavy (non-hydrogen) atoms. The molecule has 8 heteroatoms. The summed E-state index contributed by atoms with van der Waals surface area (Å²) >= 11 is 0. The van der Waals surface area contributed by atoms with Crippen molar-refractivity contribution in [2.45, 2.75) is 6.92 Å². The van der Waals surface area contributed by atoms with Crippen molar-refractivity contribution in [3.63, 3.8) is 0 Å². The van der Waals surface area contributed by atoms with Gasteiger partial charge in [-0.2, -0.15) is 0 Å². The summed E-state index contributed by atoms with van der Waals surface area (Å²) in [6.45, 7) is 1.76. The lowest BCUT2D eigenvalue weighted by Gasteiger charge is -2.22. The number of methoxy groups -OCH3 is 2. The van der Waals surface area contributed by atoms with Gasteiger partial charge in [-0.3, -0.25) is 9.69 Å². The van der Waals surface area contributed by atoms with Crippen LogP contribution in [0.25, 0.3) is 5.65 Å². The monoisotopic (exact) mass is 344 g/mol. The highest BCUT2D eigenvalue weighted by atomic mass is 19.1. The molecular formula is C17H17FN4O3. The standard InChI is InChI=1S/C17H17FN4O3/c1-11-16-19-6-7-21(16)9-14(20-11)17(23)22(10-24-2)12-4-5-13(18)15(8-12)25-3/h4-9H,10H2,1-3H3. The molecule has 0 spiro atoms. The third kappa shape index (κ3) is 3.16. The predicted octanol–water partition coefficient (Wildman–Crippen LogP) is 2.44. The zero-order chi connectivity index (χ0) is 18.0. The average molecular weight is 344 g/mol. The van der Waals surface area contributed by atoms with Crippen LogP contribution in [-0.2, 0) is 4.74 Å². The molecule has 0 saturated heterocycles. The maximum Gasteiger partial charge on any atom is 0.280 e. The van der Waals surface area contributed by atoms with Crippen LogP contribution in [0.3, 0.4) is 0 Å². The molecule has 0 aliphatic rings. The van der Waals surface area contributed by atoms with Gasteiger partial charge in [0, 0.05) is 31.8 Å². The number of ether oxygens (including phenoxy) is 2. The van der Waals surface area contributed by atoms with Gasteiger partial charge >= 0.3 is 0 Å². The van der Waals surface area contributed by atoms with Gasteiger partial charge in [0.25, 0.3) is 5.91 Å². The fraction of sp³-hybridized carbons (Fsp3) is 0.235. The number of nitrogens with zero attached hydrogens (tertiary/aromatic N) is 4. The third-order valence-corrected chi connectivity index (χ3v) is 3.71. The van der Waals surface area contributed by atoms with Gasteiger partial charge in [0.05, 0.1) is 18.5 Å². The van der Waals surface area contributed by atoms with Gasteiger partial charge in [0.1, 0.15) is 12.4 Å². The van der Waals surface area contributed by atoms with Crippen LogP contribution in [0.1, 0.15) is 16.2 Å². The van der Waals surface area contributed by atoms with E-state index in [1.165, 1.54) is 37.3 Å². The second-order valence-electron chi connectivity index (χ2n) is 5.34. The van der Waals surface area contributed by atoms with Gasteiger partial charge in [-0.05, 0) is 19.1 Å². The molecule has 0 fully saturated rings. The van der Waals surface area contributed by atoms with Crippen LogP contribution in [0, 0.1) is 12.7 Å². The number of aryl methyl sites for hydroxylation is 1. The summed E-state index contributed by atoms with van der Waals surface area (Å²) < 4.78 is 25.5. The molecule has 0 unspecified atom stereocenters. The summed E-state index contributed by atoms with van der Waals surface area (Å²) in [5.74, 6) is -0.848. The van der Waals surface area contributed by atoms with Gasteiger partial charge in [0.2, 0.25) is 0 Å². The zero-order valence-electron chi connectivity index (χ0n) is 14.1. The summed E-state index contributed by atoms with van der Waals surface area (Å²) in [6, 6.07) is 4.16. The number of imidazole rings is 1. The summed E-state index contributed by atoms with van der Waals surface area (Å²) in [5.41, 5.74) is 1.97. The minimum atomic E-state index is -0.509. The van der Waals surface area contributed by atoms with Crippen molar-refractivity contribution >= 4 is 17.2 Å². The molecular weight excluding hydrogens is 327 g/mol. The zero-order valence-corrected chi connectivity index (χ0v) is 14.1. The highest BCUT2D eigenvalue weighted by molar-refractivity contribution is 6.04. The minimum absolute atomic E-state index is 0.0175. The molecule has 1 aromatic carbocycles. The minimum Gasteiger partial charge on any atom is -0.494 e. The van der Waals surface area contributed by atoms with Gasteiger partial charge in [-0.15, -0.1) is 0 Å². The molecule has 0 N–H and O–H groups in total. The van der Waals surface area contributed by atoms with Crippen LogP contribution in [-0.4, -0.2) is 41.2 Å². The fourth-order valence-corrected chi connectivity index (χ4v) is 2.53. The Hall–Kier alpha value is -3.00. The molecule has 0 radical (unpaired) electrons. The number of carbonyl (C=O) groups is 1. The van der Waals surface area contributed by atoms with Gasteiger partial charge < -0.3 is 13.9 Å². The Labute approximate surface area is 143 Å². The maximum atomic E-state index is 13.7. The molecule has 0 aliphatic carbocycles. The van der Waals surface area contributed by atoms with E-state index in [1.807, 2.05) is 0 Å². The first kappa shape index (κ1) is 16.8. The highest BCUT2D eigenvalue weighted by Gasteiger charge is 2.21. The molecule has 7 nitrogen and oxygen atoms in total. The molecule has 3 aromatic rings. The number of fused-ring (bicyclic) bond motifs is 1. The summed E-state index contributed by atoms with van der Waals surface area (Å²) in [5, 5.41) is 0. The second kappa shape index (κ2) is 6.86. The van der Waals surface area contributed by atoms with E-state index in [2.05, 4.69) is 9.97 Å². The van der Waals surface area contributed by atoms with Crippen molar-refractivity contribution in [3.8, 4) is 5.75 Å². The normalized spacial score (nSPS) is 10.9. The van der Waals surface area contributed by atoms with E-state index in [-0.39, 0.29) is 24.1 Å². The Balaban J connectivity index is 2.03. The van der Waals surface area contributed by atoms with Gasteiger partial charge in [-0.25, -0.2) is 14.4 Å². The second-order valence-corrected chi connectivity index (χ2v) is 5.34. The van der Waals surface area contributed by atoms with Crippen molar-refractivity contribution < 1.29 is 18.7 Å². The van der Waals surface area contributed by atoms with Gasteiger partial charge in [-0.1, -0.05) is 0 Å². The number of hydrogen-bond donors (Lipinski definition) is 0. The van der Waals surface area contributed by atoms with Gasteiger partial charge in [0.15, 0.2) is 17.2 Å². The van der Waals surface area contributed by atoms with Crippen molar-refractivity contribution in [1.82, 2.24) is 14.4 Å². The first-order valence-electron chi connectivity index (χ1n) is 7.49. The Morgan fingerprint density at radius 2 is 2.16 bits per heavy atom. The van der Waals surface area contributed by atoms with Crippen LogP contribution in [0.4, 0.5) is 10.1 Å². The van der Waals surface area contributed by atoms with E-state index >= 15 is 0 Å². The molecule has 2 heterocycles. The van der Waals surface area contributed by atoms with E-state index in [1.54, 1.807) is 29.9 Å². The molecule has 3 rings (SSSR count). The third-order valence-electron chi connectivity index (χ3n) is 3.71. The Kier molecular flexibility index (Phi) is 4.62. The lowest BCUT2D eigenvalue weighted by Crippen LogP contribution is -2.33. The Morgan fingerprint density at radius 1 is 1.36 bits per heavy atom. The average Bonchev–Trinajstić information content (AvgIpc) is 3.09. The van der Waals surface area contributed by atoms with Crippen molar-refractivity contribution in [2.75, 3.05) is 25.9 Å². The fourth-order valence-electron chi connectivity index (χ4n) is 2.53. The van der Waals surface area contributed by atoms with E-state index in [9.17, 15) is 9.18 Å². The number of carbonyl (C=O) groups excluding carboxylic acids is 1. The van der Waals surface area contributed by atoms with Crippen LogP contribution in [0.5, 0.6) is 5.75 Å². The SMILES string of the molecule is COCN(C(=O)c1cn2ccnc2c(C)n1)c1ccc(F)c(OC)c1. The number of amides is 1. The van der Waals surface area contributed by atoms with Crippen molar-refractivity contribution in [2.24, 2.45) is 0 Å². The Bertz CT molecular complexity index is 925. The summed E-state index contributed by atoms with van der Waals surface area (Å²) in [6.07, 6.45) is 4.97. The molecule has 0 saturated carbocycles. The number of benzene rings is 1. The number of anilines is 1. The van der Waals surface area contributed by atoms with E-state index < -0.39 is 5.82 Å². The number of hydrogen-bond acceptors (Lipinski definition) is 5. The molecule has 130 valence electrons. The quantitative estimate of drug-likeness (QED) is 0.665. The topological polar surface area (TPSA) is 69.0 Å². The largest absolute Gasteiger partial charge is 0.494 e. The molecule has 1 amide bonds. The first-order valence-corrected chi connectivity index (χ1v) is 7.49. The van der Waals surface area contributed by atoms with Crippen LogP contribution < -0.4 is 9.64 Å². The number of aromatic nitrogens is 3. The summed E-state index contributed by atoms with van der Waals surface area (Å²) in [4.78, 5) is 22.8. The van der Waals surface area contributed by atoms with E-state index in [4.69, 9.17) is 9.47 Å². The lowest BCUT2D eigenvalue weighted by molar-refractivity contribution is 0.0931. The van der Waals surface area contributed by atoms with E-state index in [0.29, 0.717) is 17.0 Å². The highest BCUT2D eigenvalue weighted by Crippen LogP contribution is 2.25. The number of halogens is 1. The van der Waals surface area contributed by atoms with Crippen molar-refractivity contribution in [1.29, 1.82) is 0 Å². The molecule has 2 aromatic heterocycles. The van der Waals surface area contributed by atoms with Crippen LogP contribution >= 0.6 is 0 Å². The van der Waals surface area contributed by atoms with Crippen LogP contribution in [0.2, 0.25) is 0 Å². The molecule has 0 aliphatic heterocycles. The first-order chi connectivity index (χ1) is 12.0. The summed E-state index contributed by atoms with van der Waals surface area (Å²) in [7, 11) is 2.83. The van der Waals surface area contributed by atoms with Crippen LogP contribution in [0.15, 0.2) is 36.8 Å². The molecule has 0 atom stereocenters. The lowest BCUT2D eigenvalue weighted by atomic mass is 10.2. The maximum absolute atomic E-state index is 13.7. The molecule has 0 bridgehead atoms. The predicted molar refractivity (Wildman–Crippen MR) is 89.4 cm³/mol. The van der Waals surface area contributed by atoms with E-state index in [0.717, 1.165) is 0 Å². The Morgan fingerprint density at radius 3 is 2.88 bits per heavy atom. The smallest absolute Gasteiger partial charge is 0.280 e.